The normalized spacial score (nSPS) is 13.4. The minimum Gasteiger partial charge on any atom is -0.483 e. The molecule has 1 saturated heterocycles. The van der Waals surface area contributed by atoms with E-state index in [4.69, 9.17) is 28.6 Å². The second kappa shape index (κ2) is 8.85. The fraction of sp³-hybridized carbons (Fsp3) is 0.100. The lowest BCUT2D eigenvalue weighted by molar-refractivity contribution is -0.123. The standard InChI is InChI=1S/C20H16ClN3O4S/c1-11-2-5-14(6-3-11)22-17(25)10-28-16-7-4-13(21)8-12(16)9-15-18(26)23-20(29)24-19(15)27/h2-9H,10H2,1H3,(H,22,25)(H2,23,24,26,27,29). The van der Waals surface area contributed by atoms with Gasteiger partial charge in [-0.05, 0) is 55.5 Å². The number of ether oxygens (including phenoxy) is 1. The second-order valence-electron chi connectivity index (χ2n) is 6.18. The van der Waals surface area contributed by atoms with Crippen LogP contribution in [0, 0.1) is 6.92 Å². The molecule has 0 radical (unpaired) electrons. The van der Waals surface area contributed by atoms with Gasteiger partial charge in [-0.3, -0.25) is 25.0 Å². The van der Waals surface area contributed by atoms with E-state index in [9.17, 15) is 14.4 Å². The summed E-state index contributed by atoms with van der Waals surface area (Å²) in [5.74, 6) is -1.35. The van der Waals surface area contributed by atoms with Gasteiger partial charge in [0.15, 0.2) is 11.7 Å². The Hall–Kier alpha value is -3.23. The Balaban J connectivity index is 1.75. The van der Waals surface area contributed by atoms with Gasteiger partial charge in [-0.25, -0.2) is 0 Å². The Bertz CT molecular complexity index is 1010. The van der Waals surface area contributed by atoms with E-state index in [0.29, 0.717) is 16.3 Å². The van der Waals surface area contributed by atoms with Gasteiger partial charge in [0, 0.05) is 16.3 Å². The summed E-state index contributed by atoms with van der Waals surface area (Å²) in [5.41, 5.74) is 1.94. The van der Waals surface area contributed by atoms with E-state index in [-0.39, 0.29) is 28.9 Å². The quantitative estimate of drug-likeness (QED) is 0.385. The maximum atomic E-state index is 12.2. The van der Waals surface area contributed by atoms with Gasteiger partial charge in [0.05, 0.1) is 0 Å². The van der Waals surface area contributed by atoms with E-state index in [0.717, 1.165) is 5.56 Å². The lowest BCUT2D eigenvalue weighted by Crippen LogP contribution is -2.51. The highest BCUT2D eigenvalue weighted by Gasteiger charge is 2.26. The van der Waals surface area contributed by atoms with Crippen molar-refractivity contribution < 1.29 is 19.1 Å². The summed E-state index contributed by atoms with van der Waals surface area (Å²) in [6, 6.07) is 12.0. The van der Waals surface area contributed by atoms with Gasteiger partial charge in [0.2, 0.25) is 0 Å². The summed E-state index contributed by atoms with van der Waals surface area (Å²) in [6.45, 7) is 1.68. The Labute approximate surface area is 177 Å². The molecular formula is C20H16ClN3O4S. The summed E-state index contributed by atoms with van der Waals surface area (Å²) in [7, 11) is 0. The maximum Gasteiger partial charge on any atom is 0.263 e. The zero-order chi connectivity index (χ0) is 21.0. The number of nitrogens with one attached hydrogen (secondary N) is 3. The highest BCUT2D eigenvalue weighted by Crippen LogP contribution is 2.26. The Morgan fingerprint density at radius 3 is 2.45 bits per heavy atom. The number of hydrogen-bond donors (Lipinski definition) is 3. The smallest absolute Gasteiger partial charge is 0.263 e. The second-order valence-corrected chi connectivity index (χ2v) is 7.03. The summed E-state index contributed by atoms with van der Waals surface area (Å²) < 4.78 is 5.58. The number of benzene rings is 2. The highest BCUT2D eigenvalue weighted by molar-refractivity contribution is 7.80. The van der Waals surface area contributed by atoms with Crippen LogP contribution in [0.25, 0.3) is 6.08 Å². The summed E-state index contributed by atoms with van der Waals surface area (Å²) in [6.07, 6.45) is 1.32. The first-order valence-corrected chi connectivity index (χ1v) is 9.27. The summed E-state index contributed by atoms with van der Waals surface area (Å²) >= 11 is 10.8. The number of carbonyl (C=O) groups excluding carboxylic acids is 3. The third kappa shape index (κ3) is 5.40. The van der Waals surface area contributed by atoms with Crippen LogP contribution >= 0.6 is 23.8 Å². The molecule has 0 aliphatic carbocycles. The average molecular weight is 430 g/mol. The largest absolute Gasteiger partial charge is 0.483 e. The SMILES string of the molecule is Cc1ccc(NC(=O)COc2ccc(Cl)cc2C=C2C(=O)NC(=S)NC2=O)cc1. The summed E-state index contributed by atoms with van der Waals surface area (Å²) in [5, 5.41) is 7.74. The van der Waals surface area contributed by atoms with Crippen LogP contribution in [0.4, 0.5) is 5.69 Å². The first-order chi connectivity index (χ1) is 13.8. The molecule has 3 amide bonds. The first-order valence-electron chi connectivity index (χ1n) is 8.49. The highest BCUT2D eigenvalue weighted by atomic mass is 35.5. The van der Waals surface area contributed by atoms with Crippen LogP contribution in [0.3, 0.4) is 0 Å². The fourth-order valence-electron chi connectivity index (χ4n) is 2.50. The van der Waals surface area contributed by atoms with Gasteiger partial charge in [0.1, 0.15) is 11.3 Å². The van der Waals surface area contributed by atoms with Crippen molar-refractivity contribution in [1.82, 2.24) is 10.6 Å². The molecule has 1 aliphatic heterocycles. The van der Waals surface area contributed by atoms with Crippen molar-refractivity contribution in [2.45, 2.75) is 6.92 Å². The number of halogens is 1. The van der Waals surface area contributed by atoms with Crippen LogP contribution in [0.1, 0.15) is 11.1 Å². The number of rotatable bonds is 5. The van der Waals surface area contributed by atoms with Crippen molar-refractivity contribution in [3.05, 3.63) is 64.2 Å². The number of hydrogen-bond acceptors (Lipinski definition) is 5. The lowest BCUT2D eigenvalue weighted by atomic mass is 10.1. The first kappa shape index (κ1) is 20.5. The van der Waals surface area contributed by atoms with Crippen molar-refractivity contribution in [3.8, 4) is 5.75 Å². The molecular weight excluding hydrogens is 414 g/mol. The number of amides is 3. The van der Waals surface area contributed by atoms with Crippen molar-refractivity contribution in [2.24, 2.45) is 0 Å². The van der Waals surface area contributed by atoms with Gasteiger partial charge in [0.25, 0.3) is 17.7 Å². The molecule has 2 aromatic rings. The van der Waals surface area contributed by atoms with Crippen molar-refractivity contribution in [2.75, 3.05) is 11.9 Å². The Morgan fingerprint density at radius 1 is 1.14 bits per heavy atom. The molecule has 2 aromatic carbocycles. The van der Waals surface area contributed by atoms with Crippen molar-refractivity contribution in [3.63, 3.8) is 0 Å². The molecule has 148 valence electrons. The molecule has 0 atom stereocenters. The monoisotopic (exact) mass is 429 g/mol. The van der Waals surface area contributed by atoms with Crippen LogP contribution in [0.5, 0.6) is 5.75 Å². The molecule has 3 N–H and O–H groups in total. The van der Waals surface area contributed by atoms with Crippen LogP contribution < -0.4 is 20.7 Å². The van der Waals surface area contributed by atoms with Crippen LogP contribution in [0.2, 0.25) is 5.02 Å². The van der Waals surface area contributed by atoms with E-state index in [1.54, 1.807) is 24.3 Å². The molecule has 9 heteroatoms. The number of aryl methyl sites for hydroxylation is 1. The van der Waals surface area contributed by atoms with E-state index >= 15 is 0 Å². The molecule has 0 unspecified atom stereocenters. The molecule has 1 heterocycles. The third-order valence-corrected chi connectivity index (χ3v) is 4.35. The van der Waals surface area contributed by atoms with Gasteiger partial charge < -0.3 is 10.1 Å². The van der Waals surface area contributed by atoms with Crippen LogP contribution in [-0.4, -0.2) is 29.4 Å². The van der Waals surface area contributed by atoms with Gasteiger partial charge >= 0.3 is 0 Å². The zero-order valence-corrected chi connectivity index (χ0v) is 16.8. The molecule has 7 nitrogen and oxygen atoms in total. The molecule has 0 aromatic heterocycles. The molecule has 0 saturated carbocycles. The van der Waals surface area contributed by atoms with Crippen molar-refractivity contribution in [1.29, 1.82) is 0 Å². The van der Waals surface area contributed by atoms with Gasteiger partial charge in [-0.1, -0.05) is 29.3 Å². The van der Waals surface area contributed by atoms with Crippen molar-refractivity contribution >= 4 is 58.4 Å². The Kier molecular flexibility index (Phi) is 6.26. The van der Waals surface area contributed by atoms with Gasteiger partial charge in [-0.2, -0.15) is 0 Å². The Morgan fingerprint density at radius 2 is 1.79 bits per heavy atom. The molecule has 1 aliphatic rings. The molecule has 29 heavy (non-hydrogen) atoms. The minimum absolute atomic E-state index is 0.0625. The fourth-order valence-corrected chi connectivity index (χ4v) is 2.87. The molecule has 0 spiro atoms. The average Bonchev–Trinajstić information content (AvgIpc) is 2.66. The lowest BCUT2D eigenvalue weighted by Gasteiger charge is -2.17. The topological polar surface area (TPSA) is 96.5 Å². The van der Waals surface area contributed by atoms with E-state index < -0.39 is 11.8 Å². The molecule has 1 fully saturated rings. The van der Waals surface area contributed by atoms with E-state index in [1.807, 2.05) is 19.1 Å². The predicted molar refractivity (Wildman–Crippen MR) is 114 cm³/mol. The summed E-state index contributed by atoms with van der Waals surface area (Å²) in [4.78, 5) is 36.2. The predicted octanol–water partition coefficient (Wildman–Crippen LogP) is 2.58. The number of carbonyl (C=O) groups is 3. The van der Waals surface area contributed by atoms with Crippen LogP contribution in [0.15, 0.2) is 48.0 Å². The minimum atomic E-state index is -0.637. The molecule has 0 bridgehead atoms. The third-order valence-electron chi connectivity index (χ3n) is 3.91. The zero-order valence-electron chi connectivity index (χ0n) is 15.2. The molecule has 3 rings (SSSR count). The van der Waals surface area contributed by atoms with E-state index in [2.05, 4.69) is 16.0 Å². The number of thiocarbonyl (C=S) groups is 1. The number of anilines is 1. The maximum absolute atomic E-state index is 12.2. The van der Waals surface area contributed by atoms with E-state index in [1.165, 1.54) is 12.1 Å². The van der Waals surface area contributed by atoms with Gasteiger partial charge in [-0.15, -0.1) is 0 Å². The van der Waals surface area contributed by atoms with Crippen LogP contribution in [-0.2, 0) is 14.4 Å².